The van der Waals surface area contributed by atoms with Crippen LogP contribution in [0.3, 0.4) is 0 Å². The largest absolute Gasteiger partial charge is 0.444 e. The van der Waals surface area contributed by atoms with Crippen LogP contribution in [0.5, 0.6) is 0 Å². The zero-order chi connectivity index (χ0) is 18.4. The van der Waals surface area contributed by atoms with Crippen LogP contribution in [0.1, 0.15) is 32.8 Å². The summed E-state index contributed by atoms with van der Waals surface area (Å²) >= 11 is 0. The summed E-state index contributed by atoms with van der Waals surface area (Å²) in [4.78, 5) is 36.1. The Kier molecular flexibility index (Phi) is 5.65. The molecule has 0 atom stereocenters. The number of nitrogens with zero attached hydrogens (tertiary/aromatic N) is 1. The molecule has 7 nitrogen and oxygen atoms in total. The summed E-state index contributed by atoms with van der Waals surface area (Å²) in [5.74, 6) is 5.48. The van der Waals surface area contributed by atoms with Crippen LogP contribution >= 0.6 is 0 Å². The van der Waals surface area contributed by atoms with Crippen LogP contribution in [-0.4, -0.2) is 36.7 Å². The van der Waals surface area contributed by atoms with Gasteiger partial charge in [0.1, 0.15) is 5.60 Å². The zero-order valence-corrected chi connectivity index (χ0v) is 14.5. The van der Waals surface area contributed by atoms with Crippen LogP contribution in [0, 0.1) is 11.8 Å². The van der Waals surface area contributed by atoms with Gasteiger partial charge in [-0.3, -0.25) is 15.0 Å². The Bertz CT molecular complexity index is 741. The third kappa shape index (κ3) is 5.84. The standard InChI is InChI=1S/C18H21N3O4/c1-18(2,3)25-17(24)19-10-5-7-13-6-4-8-14(12-13)21-11-9-15(22)20-16(21)23/h4,6,8,12H,9-11H2,1-3H3,(H,19,24)(H,20,22,23). The van der Waals surface area contributed by atoms with E-state index in [1.807, 2.05) is 0 Å². The average molecular weight is 343 g/mol. The average Bonchev–Trinajstić information content (AvgIpc) is 2.50. The summed E-state index contributed by atoms with van der Waals surface area (Å²) < 4.78 is 5.11. The van der Waals surface area contributed by atoms with Crippen molar-refractivity contribution in [3.63, 3.8) is 0 Å². The summed E-state index contributed by atoms with van der Waals surface area (Å²) in [5.41, 5.74) is 0.812. The van der Waals surface area contributed by atoms with E-state index in [-0.39, 0.29) is 18.9 Å². The number of amides is 4. The van der Waals surface area contributed by atoms with Crippen molar-refractivity contribution in [1.29, 1.82) is 0 Å². The minimum Gasteiger partial charge on any atom is -0.444 e. The van der Waals surface area contributed by atoms with Gasteiger partial charge in [0.2, 0.25) is 5.91 Å². The van der Waals surface area contributed by atoms with Crippen molar-refractivity contribution in [2.75, 3.05) is 18.0 Å². The molecule has 0 bridgehead atoms. The molecule has 4 amide bonds. The maximum absolute atomic E-state index is 11.9. The Morgan fingerprint density at radius 3 is 2.80 bits per heavy atom. The molecule has 0 radical (unpaired) electrons. The van der Waals surface area contributed by atoms with Crippen LogP contribution in [-0.2, 0) is 9.53 Å². The molecular weight excluding hydrogens is 322 g/mol. The molecule has 1 heterocycles. The minimum atomic E-state index is -0.553. The van der Waals surface area contributed by atoms with Gasteiger partial charge in [0.15, 0.2) is 0 Å². The monoisotopic (exact) mass is 343 g/mol. The predicted molar refractivity (Wildman–Crippen MR) is 93.1 cm³/mol. The summed E-state index contributed by atoms with van der Waals surface area (Å²) in [7, 11) is 0. The molecule has 1 saturated heterocycles. The van der Waals surface area contributed by atoms with Gasteiger partial charge < -0.3 is 10.1 Å². The highest BCUT2D eigenvalue weighted by molar-refractivity contribution is 6.05. The number of ether oxygens (including phenoxy) is 1. The molecule has 1 aromatic rings. The molecule has 0 unspecified atom stereocenters. The first-order valence-electron chi connectivity index (χ1n) is 7.92. The Labute approximate surface area is 146 Å². The lowest BCUT2D eigenvalue weighted by molar-refractivity contribution is -0.120. The van der Waals surface area contributed by atoms with Crippen LogP contribution in [0.4, 0.5) is 15.3 Å². The van der Waals surface area contributed by atoms with Gasteiger partial charge in [-0.1, -0.05) is 17.9 Å². The molecule has 0 aromatic heterocycles. The van der Waals surface area contributed by atoms with Gasteiger partial charge in [-0.05, 0) is 39.0 Å². The SMILES string of the molecule is CC(C)(C)OC(=O)NCC#Cc1cccc(N2CCC(=O)NC2=O)c1. The topological polar surface area (TPSA) is 87.7 Å². The predicted octanol–water partition coefficient (Wildman–Crippen LogP) is 2.01. The van der Waals surface area contributed by atoms with Gasteiger partial charge in [-0.2, -0.15) is 0 Å². The minimum absolute atomic E-state index is 0.151. The fraction of sp³-hybridized carbons (Fsp3) is 0.389. The van der Waals surface area contributed by atoms with Gasteiger partial charge in [0.05, 0.1) is 6.54 Å². The molecule has 1 aliphatic heterocycles. The van der Waals surface area contributed by atoms with Crippen LogP contribution < -0.4 is 15.5 Å². The lowest BCUT2D eigenvalue weighted by atomic mass is 10.1. The second kappa shape index (κ2) is 7.71. The number of anilines is 1. The number of urea groups is 1. The van der Waals surface area contributed by atoms with Crippen molar-refractivity contribution in [1.82, 2.24) is 10.6 Å². The quantitative estimate of drug-likeness (QED) is 0.804. The smallest absolute Gasteiger partial charge is 0.408 e. The maximum Gasteiger partial charge on any atom is 0.408 e. The van der Waals surface area contributed by atoms with Crippen molar-refractivity contribution in [3.05, 3.63) is 29.8 Å². The second-order valence-electron chi connectivity index (χ2n) is 6.46. The molecule has 2 rings (SSSR count). The molecular formula is C18H21N3O4. The molecule has 1 aromatic carbocycles. The van der Waals surface area contributed by atoms with Crippen LogP contribution in [0.15, 0.2) is 24.3 Å². The molecule has 1 aliphatic rings. The number of benzene rings is 1. The van der Waals surface area contributed by atoms with Crippen molar-refractivity contribution in [3.8, 4) is 11.8 Å². The third-order valence-electron chi connectivity index (χ3n) is 3.16. The summed E-state index contributed by atoms with van der Waals surface area (Å²) in [6.45, 7) is 5.84. The van der Waals surface area contributed by atoms with Gasteiger partial charge in [0, 0.05) is 24.2 Å². The fourth-order valence-corrected chi connectivity index (χ4v) is 2.14. The van der Waals surface area contributed by atoms with E-state index >= 15 is 0 Å². The normalized spacial score (nSPS) is 14.3. The lowest BCUT2D eigenvalue weighted by Crippen LogP contribution is -2.49. The first-order chi connectivity index (χ1) is 11.7. The first-order valence-corrected chi connectivity index (χ1v) is 7.92. The zero-order valence-electron chi connectivity index (χ0n) is 14.5. The van der Waals surface area contributed by atoms with E-state index in [1.165, 1.54) is 4.90 Å². The third-order valence-corrected chi connectivity index (χ3v) is 3.16. The molecule has 132 valence electrons. The Morgan fingerprint density at radius 2 is 2.12 bits per heavy atom. The van der Waals surface area contributed by atoms with Gasteiger partial charge in [-0.15, -0.1) is 0 Å². The highest BCUT2D eigenvalue weighted by Gasteiger charge is 2.24. The fourth-order valence-electron chi connectivity index (χ4n) is 2.14. The molecule has 0 spiro atoms. The Hall–Kier alpha value is -3.01. The molecule has 1 fully saturated rings. The van der Waals surface area contributed by atoms with E-state index in [4.69, 9.17) is 4.74 Å². The number of carbonyl (C=O) groups is 3. The van der Waals surface area contributed by atoms with Gasteiger partial charge in [0.25, 0.3) is 0 Å². The lowest BCUT2D eigenvalue weighted by Gasteiger charge is -2.26. The van der Waals surface area contributed by atoms with E-state index in [1.54, 1.807) is 45.0 Å². The molecule has 2 N–H and O–H groups in total. The summed E-state index contributed by atoms with van der Waals surface area (Å²) in [5, 5.41) is 4.83. The highest BCUT2D eigenvalue weighted by Crippen LogP contribution is 2.18. The molecule has 0 saturated carbocycles. The molecule has 7 heteroatoms. The first kappa shape index (κ1) is 18.3. The van der Waals surface area contributed by atoms with Gasteiger partial charge >= 0.3 is 12.1 Å². The Morgan fingerprint density at radius 1 is 1.36 bits per heavy atom. The number of alkyl carbamates (subject to hydrolysis) is 1. The molecule has 25 heavy (non-hydrogen) atoms. The summed E-state index contributed by atoms with van der Waals surface area (Å²) in [6.07, 6.45) is -0.258. The van der Waals surface area contributed by atoms with Crippen molar-refractivity contribution >= 4 is 23.7 Å². The van der Waals surface area contributed by atoms with Crippen LogP contribution in [0.2, 0.25) is 0 Å². The Balaban J connectivity index is 1.95. The summed E-state index contributed by atoms with van der Waals surface area (Å²) in [6, 6.07) is 6.68. The van der Waals surface area contributed by atoms with E-state index in [0.717, 1.165) is 0 Å². The number of nitrogens with one attached hydrogen (secondary N) is 2. The molecule has 0 aliphatic carbocycles. The van der Waals surface area contributed by atoms with Crippen molar-refractivity contribution in [2.24, 2.45) is 0 Å². The van der Waals surface area contributed by atoms with E-state index in [9.17, 15) is 14.4 Å². The maximum atomic E-state index is 11.9. The van der Waals surface area contributed by atoms with Crippen molar-refractivity contribution < 1.29 is 19.1 Å². The van der Waals surface area contributed by atoms with E-state index < -0.39 is 17.7 Å². The number of hydrogen-bond donors (Lipinski definition) is 2. The second-order valence-corrected chi connectivity index (χ2v) is 6.46. The number of carbonyl (C=O) groups excluding carboxylic acids is 3. The van der Waals surface area contributed by atoms with Crippen LogP contribution in [0.25, 0.3) is 0 Å². The number of rotatable bonds is 2. The number of imide groups is 1. The van der Waals surface area contributed by atoms with E-state index in [0.29, 0.717) is 17.8 Å². The van der Waals surface area contributed by atoms with E-state index in [2.05, 4.69) is 22.5 Å². The van der Waals surface area contributed by atoms with Gasteiger partial charge in [-0.25, -0.2) is 9.59 Å². The highest BCUT2D eigenvalue weighted by atomic mass is 16.6. The van der Waals surface area contributed by atoms with Crippen molar-refractivity contribution in [2.45, 2.75) is 32.8 Å². The number of hydrogen-bond acceptors (Lipinski definition) is 4.